The van der Waals surface area contributed by atoms with Crippen molar-refractivity contribution >= 4 is 46.2 Å². The number of benzene rings is 2. The lowest BCUT2D eigenvalue weighted by molar-refractivity contribution is 0.0986. The summed E-state index contributed by atoms with van der Waals surface area (Å²) in [5.41, 5.74) is 22.0. The minimum atomic E-state index is -0.579. The predicted molar refractivity (Wildman–Crippen MR) is 173 cm³/mol. The molecular formula is C32H37N9O4. The molecule has 2 aromatic heterocycles. The second-order valence-electron chi connectivity index (χ2n) is 10.8. The normalized spacial score (nSPS) is 13.7. The van der Waals surface area contributed by atoms with Gasteiger partial charge in [-0.05, 0) is 62.2 Å². The molecule has 0 saturated heterocycles. The van der Waals surface area contributed by atoms with Crippen LogP contribution in [0.4, 0.5) is 11.6 Å². The molecule has 0 bridgehead atoms. The molecule has 0 spiro atoms. The fourth-order valence-corrected chi connectivity index (χ4v) is 5.36. The second-order valence-corrected chi connectivity index (χ2v) is 10.8. The second kappa shape index (κ2) is 13.0. The molecule has 1 aliphatic heterocycles. The number of allylic oxidation sites excluding steroid dienone is 1. The summed E-state index contributed by atoms with van der Waals surface area (Å²) in [5, 5.41) is 4.37. The molecule has 0 atom stereocenters. The number of nitrogens with zero attached hydrogens (tertiary/aromatic N) is 6. The van der Waals surface area contributed by atoms with Crippen molar-refractivity contribution < 1.29 is 19.1 Å². The molecule has 13 nitrogen and oxygen atoms in total. The zero-order valence-electron chi connectivity index (χ0n) is 25.6. The maximum Gasteiger partial charge on any atom is 0.296 e. The molecule has 6 N–H and O–H groups in total. The predicted octanol–water partition coefficient (Wildman–Crippen LogP) is 3.38. The van der Waals surface area contributed by atoms with Crippen LogP contribution in [0.15, 0.2) is 53.5 Å². The quantitative estimate of drug-likeness (QED) is 0.160. The molecule has 0 saturated carbocycles. The third kappa shape index (κ3) is 6.42. The monoisotopic (exact) mass is 611 g/mol. The largest absolute Gasteiger partial charge is 0.491 e. The Balaban J connectivity index is 1.43. The average Bonchev–Trinajstić information content (AvgIpc) is 3.66. The van der Waals surface area contributed by atoms with E-state index in [0.717, 1.165) is 29.8 Å². The minimum Gasteiger partial charge on any atom is -0.491 e. The third-order valence-electron chi connectivity index (χ3n) is 7.59. The van der Waals surface area contributed by atoms with Gasteiger partial charge in [-0.1, -0.05) is 25.5 Å². The van der Waals surface area contributed by atoms with Gasteiger partial charge in [0.05, 0.1) is 17.8 Å². The minimum absolute atomic E-state index is 0.262. The highest BCUT2D eigenvalue weighted by atomic mass is 16.5. The number of nitrogen functional groups attached to an aromatic ring is 1. The summed E-state index contributed by atoms with van der Waals surface area (Å²) in [7, 11) is 0. The van der Waals surface area contributed by atoms with Gasteiger partial charge < -0.3 is 31.4 Å². The van der Waals surface area contributed by atoms with Crippen molar-refractivity contribution in [2.45, 2.75) is 53.1 Å². The van der Waals surface area contributed by atoms with Crippen LogP contribution in [0, 0.1) is 6.92 Å². The number of hydrogen-bond donors (Lipinski definition) is 3. The standard InChI is InChI=1S/C32H37N9O4/c1-4-6-13-45-26-17-22(30(34)43)16-23-28(26)40(32(35)36-23)12-8-7-11-39-24-10-9-20(29(33)42)15-21(24)18-27(39)37-31(44)25-14-19(3)38-41(25)5-2/h7-10,14-17H,4-6,11-13,18H2,1-3H3,(H2,33,42)(H2,34,43)(H2,35,36)/b8-7+,37-27?. The number of aryl methyl sites for hydroxylation is 2. The Hall–Kier alpha value is -5.46. The van der Waals surface area contributed by atoms with Crippen molar-refractivity contribution in [3.05, 3.63) is 76.6 Å². The van der Waals surface area contributed by atoms with E-state index in [1.165, 1.54) is 0 Å². The molecule has 1 aliphatic rings. The van der Waals surface area contributed by atoms with Crippen molar-refractivity contribution in [3.8, 4) is 5.75 Å². The maximum absolute atomic E-state index is 13.3. The molecule has 0 fully saturated rings. The van der Waals surface area contributed by atoms with Crippen molar-refractivity contribution in [1.82, 2.24) is 19.3 Å². The summed E-state index contributed by atoms with van der Waals surface area (Å²) in [4.78, 5) is 47.9. The van der Waals surface area contributed by atoms with Gasteiger partial charge in [-0.2, -0.15) is 10.1 Å². The SMILES string of the molecule is CCCCOc1cc(C(N)=O)cc2nc(N)n(C/C=C/CN3C(=NC(=O)c4cc(C)nn4CC)Cc4cc(C(N)=O)ccc43)c12. The summed E-state index contributed by atoms with van der Waals surface area (Å²) in [6, 6.07) is 10.2. The van der Waals surface area contributed by atoms with Gasteiger partial charge in [0.15, 0.2) is 0 Å². The van der Waals surface area contributed by atoms with Crippen LogP contribution in [0.25, 0.3) is 11.0 Å². The van der Waals surface area contributed by atoms with Crippen LogP contribution in [0.2, 0.25) is 0 Å². The van der Waals surface area contributed by atoms with Gasteiger partial charge in [-0.25, -0.2) is 4.98 Å². The number of fused-ring (bicyclic) bond motifs is 2. The van der Waals surface area contributed by atoms with Gasteiger partial charge in [-0.3, -0.25) is 19.1 Å². The van der Waals surface area contributed by atoms with E-state index >= 15 is 0 Å². The van der Waals surface area contributed by atoms with Crippen molar-refractivity contribution in [3.63, 3.8) is 0 Å². The van der Waals surface area contributed by atoms with Crippen molar-refractivity contribution in [2.75, 3.05) is 23.8 Å². The molecule has 45 heavy (non-hydrogen) atoms. The van der Waals surface area contributed by atoms with E-state index in [0.29, 0.717) is 72.1 Å². The highest BCUT2D eigenvalue weighted by molar-refractivity contribution is 6.12. The Bertz CT molecular complexity index is 1850. The van der Waals surface area contributed by atoms with Crippen molar-refractivity contribution in [1.29, 1.82) is 0 Å². The Labute approximate surface area is 260 Å². The van der Waals surface area contributed by atoms with Gasteiger partial charge in [0.25, 0.3) is 5.91 Å². The molecule has 3 amide bonds. The number of carbonyl (C=O) groups excluding carboxylic acids is 3. The lowest BCUT2D eigenvalue weighted by Crippen LogP contribution is -2.28. The van der Waals surface area contributed by atoms with Crippen LogP contribution < -0.4 is 26.8 Å². The topological polar surface area (TPSA) is 190 Å². The summed E-state index contributed by atoms with van der Waals surface area (Å²) < 4.78 is 9.46. The Morgan fingerprint density at radius 3 is 2.49 bits per heavy atom. The summed E-state index contributed by atoms with van der Waals surface area (Å²) in [6.45, 7) is 7.57. The van der Waals surface area contributed by atoms with Gasteiger partial charge in [0.2, 0.25) is 17.8 Å². The number of primary amides is 2. The number of imidazole rings is 1. The molecule has 5 rings (SSSR count). The van der Waals surface area contributed by atoms with E-state index in [4.69, 9.17) is 21.9 Å². The number of ether oxygens (including phenoxy) is 1. The first-order chi connectivity index (χ1) is 21.6. The number of nitrogens with two attached hydrogens (primary N) is 3. The molecule has 13 heteroatoms. The number of rotatable bonds is 12. The molecule has 2 aromatic carbocycles. The zero-order chi connectivity index (χ0) is 32.2. The number of hydrogen-bond acceptors (Lipinski definition) is 7. The average molecular weight is 612 g/mol. The van der Waals surface area contributed by atoms with Crippen LogP contribution in [-0.4, -0.2) is 56.0 Å². The Kier molecular flexibility index (Phi) is 8.98. The first kappa shape index (κ1) is 31.0. The van der Waals surface area contributed by atoms with E-state index in [9.17, 15) is 14.4 Å². The highest BCUT2D eigenvalue weighted by Gasteiger charge is 2.27. The first-order valence-corrected chi connectivity index (χ1v) is 14.8. The molecular weight excluding hydrogens is 574 g/mol. The number of unbranched alkanes of at least 4 members (excludes halogenated alkanes) is 1. The Morgan fingerprint density at radius 1 is 1.02 bits per heavy atom. The van der Waals surface area contributed by atoms with E-state index in [2.05, 4.69) is 22.0 Å². The van der Waals surface area contributed by atoms with Crippen LogP contribution in [-0.2, 0) is 19.5 Å². The number of amidine groups is 1. The number of aromatic nitrogens is 4. The lowest BCUT2D eigenvalue weighted by atomic mass is 10.1. The van der Waals surface area contributed by atoms with Crippen LogP contribution >= 0.6 is 0 Å². The van der Waals surface area contributed by atoms with Crippen LogP contribution in [0.5, 0.6) is 5.75 Å². The lowest BCUT2D eigenvalue weighted by Gasteiger charge is -2.18. The third-order valence-corrected chi connectivity index (χ3v) is 7.59. The number of anilines is 2. The molecule has 4 aromatic rings. The van der Waals surface area contributed by atoms with Crippen LogP contribution in [0.1, 0.15) is 69.2 Å². The fraction of sp³-hybridized carbons (Fsp3) is 0.312. The smallest absolute Gasteiger partial charge is 0.296 e. The van der Waals surface area contributed by atoms with Crippen LogP contribution in [0.3, 0.4) is 0 Å². The van der Waals surface area contributed by atoms with Gasteiger partial charge >= 0.3 is 0 Å². The molecule has 0 unspecified atom stereocenters. The molecule has 234 valence electrons. The molecule has 3 heterocycles. The summed E-state index contributed by atoms with van der Waals surface area (Å²) in [5.74, 6) is -0.212. The number of carbonyl (C=O) groups is 3. The van der Waals surface area contributed by atoms with Gasteiger partial charge in [0.1, 0.15) is 22.8 Å². The highest BCUT2D eigenvalue weighted by Crippen LogP contribution is 2.32. The van der Waals surface area contributed by atoms with E-state index in [-0.39, 0.29) is 5.95 Å². The fourth-order valence-electron chi connectivity index (χ4n) is 5.36. The first-order valence-electron chi connectivity index (χ1n) is 14.8. The van der Waals surface area contributed by atoms with E-state index in [1.54, 1.807) is 35.0 Å². The maximum atomic E-state index is 13.3. The molecule has 0 radical (unpaired) electrons. The molecule has 0 aliphatic carbocycles. The van der Waals surface area contributed by atoms with E-state index < -0.39 is 17.7 Å². The summed E-state index contributed by atoms with van der Waals surface area (Å²) >= 11 is 0. The Morgan fingerprint density at radius 2 is 1.78 bits per heavy atom. The number of aliphatic imine (C=N–C) groups is 1. The summed E-state index contributed by atoms with van der Waals surface area (Å²) in [6.07, 6.45) is 6.02. The van der Waals surface area contributed by atoms with Crippen molar-refractivity contribution in [2.24, 2.45) is 16.5 Å². The van der Waals surface area contributed by atoms with E-state index in [1.807, 2.05) is 41.5 Å². The number of amides is 3. The zero-order valence-corrected chi connectivity index (χ0v) is 25.6. The van der Waals surface area contributed by atoms with Gasteiger partial charge in [0, 0.05) is 42.9 Å². The van der Waals surface area contributed by atoms with Gasteiger partial charge in [-0.15, -0.1) is 0 Å².